The number of anilines is 1. The molecule has 4 aromatic rings. The van der Waals surface area contributed by atoms with Gasteiger partial charge < -0.3 is 5.32 Å². The molecule has 168 valence electrons. The van der Waals surface area contributed by atoms with Gasteiger partial charge in [-0.25, -0.2) is 18.1 Å². The van der Waals surface area contributed by atoms with Crippen molar-refractivity contribution in [3.63, 3.8) is 0 Å². The lowest BCUT2D eigenvalue weighted by Crippen LogP contribution is -2.26. The Kier molecular flexibility index (Phi) is 6.43. The average molecular weight is 482 g/mol. The molecule has 33 heavy (non-hydrogen) atoms. The predicted octanol–water partition coefficient (Wildman–Crippen LogP) is 4.21. The van der Waals surface area contributed by atoms with Gasteiger partial charge in [-0.15, -0.1) is 0 Å². The van der Waals surface area contributed by atoms with Gasteiger partial charge in [-0.2, -0.15) is 5.10 Å². The van der Waals surface area contributed by atoms with E-state index in [1.807, 2.05) is 31.2 Å². The molecule has 8 nitrogen and oxygen atoms in total. The van der Waals surface area contributed by atoms with Crippen LogP contribution in [0.4, 0.5) is 5.69 Å². The van der Waals surface area contributed by atoms with E-state index in [1.165, 1.54) is 30.6 Å². The zero-order valence-corrected chi connectivity index (χ0v) is 19.1. The number of hydrogen-bond acceptors (Lipinski definition) is 5. The molecule has 0 saturated carbocycles. The minimum absolute atomic E-state index is 0.0238. The van der Waals surface area contributed by atoms with Gasteiger partial charge in [0.1, 0.15) is 12.7 Å². The molecule has 3 aromatic carbocycles. The standard InChI is InChI=1S/C23H20ClN5O3S/c1-16(17-6-10-19(11-7-17)29-15-25-14-26-29)27-23(30)18-8-12-20(13-9-18)33(31,32)28-22-5-3-2-4-21(22)24/h2-16,28H,1H3,(H,27,30). The van der Waals surface area contributed by atoms with Crippen LogP contribution in [0.15, 0.2) is 90.3 Å². The first-order valence-electron chi connectivity index (χ1n) is 9.97. The Balaban J connectivity index is 1.42. The molecular weight excluding hydrogens is 462 g/mol. The molecular formula is C23H20ClN5O3S. The van der Waals surface area contributed by atoms with E-state index in [1.54, 1.807) is 35.3 Å². The van der Waals surface area contributed by atoms with E-state index in [2.05, 4.69) is 20.1 Å². The van der Waals surface area contributed by atoms with Gasteiger partial charge in [0.2, 0.25) is 0 Å². The smallest absolute Gasteiger partial charge is 0.261 e. The summed E-state index contributed by atoms with van der Waals surface area (Å²) in [6.07, 6.45) is 3.06. The fourth-order valence-electron chi connectivity index (χ4n) is 3.15. The summed E-state index contributed by atoms with van der Waals surface area (Å²) in [4.78, 5) is 16.6. The number of halogens is 1. The third kappa shape index (κ3) is 5.21. The van der Waals surface area contributed by atoms with Crippen molar-refractivity contribution in [3.05, 3.63) is 102 Å². The van der Waals surface area contributed by atoms with Crippen LogP contribution in [0.3, 0.4) is 0 Å². The number of aromatic nitrogens is 3. The molecule has 4 rings (SSSR count). The molecule has 1 aromatic heterocycles. The molecule has 0 radical (unpaired) electrons. The molecule has 1 heterocycles. The summed E-state index contributed by atoms with van der Waals surface area (Å²) in [5.41, 5.74) is 2.40. The van der Waals surface area contributed by atoms with Crippen molar-refractivity contribution in [1.82, 2.24) is 20.1 Å². The molecule has 1 unspecified atom stereocenters. The number of benzene rings is 3. The number of para-hydroxylation sites is 1. The Hall–Kier alpha value is -3.69. The van der Waals surface area contributed by atoms with E-state index >= 15 is 0 Å². The molecule has 2 N–H and O–H groups in total. The second-order valence-electron chi connectivity index (χ2n) is 7.24. The summed E-state index contributed by atoms with van der Waals surface area (Å²) in [7, 11) is -3.84. The maximum absolute atomic E-state index is 12.7. The fourth-order valence-corrected chi connectivity index (χ4v) is 4.47. The van der Waals surface area contributed by atoms with Gasteiger partial charge in [-0.3, -0.25) is 9.52 Å². The highest BCUT2D eigenvalue weighted by Gasteiger charge is 2.17. The van der Waals surface area contributed by atoms with E-state index in [9.17, 15) is 13.2 Å². The van der Waals surface area contributed by atoms with Crippen LogP contribution in [0.25, 0.3) is 5.69 Å². The largest absolute Gasteiger partial charge is 0.346 e. The van der Waals surface area contributed by atoms with E-state index < -0.39 is 10.0 Å². The highest BCUT2D eigenvalue weighted by Crippen LogP contribution is 2.24. The summed E-state index contributed by atoms with van der Waals surface area (Å²) in [6, 6.07) is 19.6. The van der Waals surface area contributed by atoms with Crippen LogP contribution in [0.2, 0.25) is 5.02 Å². The summed E-state index contributed by atoms with van der Waals surface area (Å²) in [5.74, 6) is -0.314. The number of nitrogens with zero attached hydrogens (tertiary/aromatic N) is 3. The first kappa shape index (κ1) is 22.5. The van der Waals surface area contributed by atoms with Gasteiger partial charge in [0.15, 0.2) is 0 Å². The van der Waals surface area contributed by atoms with Crippen LogP contribution in [0.1, 0.15) is 28.9 Å². The first-order valence-corrected chi connectivity index (χ1v) is 11.8. The van der Waals surface area contributed by atoms with Crippen molar-refractivity contribution in [2.45, 2.75) is 17.9 Å². The van der Waals surface area contributed by atoms with Gasteiger partial charge in [0, 0.05) is 5.56 Å². The Labute approximate surface area is 196 Å². The Morgan fingerprint density at radius 2 is 1.70 bits per heavy atom. The predicted molar refractivity (Wildman–Crippen MR) is 126 cm³/mol. The zero-order valence-electron chi connectivity index (χ0n) is 17.5. The molecule has 0 saturated heterocycles. The second kappa shape index (κ2) is 9.43. The number of amides is 1. The van der Waals surface area contributed by atoms with Crippen LogP contribution < -0.4 is 10.0 Å². The molecule has 0 spiro atoms. The fraction of sp³-hybridized carbons (Fsp3) is 0.0870. The third-order valence-corrected chi connectivity index (χ3v) is 6.68. The minimum Gasteiger partial charge on any atom is -0.346 e. The van der Waals surface area contributed by atoms with E-state index in [0.717, 1.165) is 11.3 Å². The van der Waals surface area contributed by atoms with Gasteiger partial charge in [-0.05, 0) is 61.0 Å². The van der Waals surface area contributed by atoms with Crippen LogP contribution in [0.5, 0.6) is 0 Å². The zero-order chi connectivity index (χ0) is 23.4. The van der Waals surface area contributed by atoms with Gasteiger partial charge in [0.05, 0.1) is 27.3 Å². The number of nitrogens with one attached hydrogen (secondary N) is 2. The summed E-state index contributed by atoms with van der Waals surface area (Å²) in [5, 5.41) is 7.29. The topological polar surface area (TPSA) is 106 Å². The number of carbonyl (C=O) groups excluding carboxylic acids is 1. The van der Waals surface area contributed by atoms with Crippen molar-refractivity contribution in [2.24, 2.45) is 0 Å². The molecule has 0 aliphatic carbocycles. The van der Waals surface area contributed by atoms with E-state index in [-0.39, 0.29) is 22.5 Å². The number of rotatable bonds is 7. The molecule has 1 atom stereocenters. The Bertz CT molecular complexity index is 1360. The summed E-state index contributed by atoms with van der Waals surface area (Å²) >= 11 is 6.03. The highest BCUT2D eigenvalue weighted by molar-refractivity contribution is 7.92. The first-order chi connectivity index (χ1) is 15.8. The van der Waals surface area contributed by atoms with Gasteiger partial charge >= 0.3 is 0 Å². The van der Waals surface area contributed by atoms with Gasteiger partial charge in [-0.1, -0.05) is 35.9 Å². The summed E-state index contributed by atoms with van der Waals surface area (Å²) < 4.78 is 29.4. The Morgan fingerprint density at radius 1 is 1.00 bits per heavy atom. The van der Waals surface area contributed by atoms with Crippen molar-refractivity contribution in [3.8, 4) is 5.69 Å². The van der Waals surface area contributed by atoms with E-state index in [0.29, 0.717) is 10.6 Å². The second-order valence-corrected chi connectivity index (χ2v) is 9.33. The Morgan fingerprint density at radius 3 is 2.33 bits per heavy atom. The van der Waals surface area contributed by atoms with Crippen molar-refractivity contribution >= 4 is 33.2 Å². The number of hydrogen-bond donors (Lipinski definition) is 2. The molecule has 1 amide bonds. The van der Waals surface area contributed by atoms with Crippen LogP contribution in [-0.2, 0) is 10.0 Å². The molecule has 0 aliphatic heterocycles. The van der Waals surface area contributed by atoms with Crippen molar-refractivity contribution in [1.29, 1.82) is 0 Å². The monoisotopic (exact) mass is 481 g/mol. The highest BCUT2D eigenvalue weighted by atomic mass is 35.5. The third-order valence-electron chi connectivity index (χ3n) is 4.97. The van der Waals surface area contributed by atoms with Crippen LogP contribution in [-0.4, -0.2) is 29.1 Å². The lowest BCUT2D eigenvalue weighted by atomic mass is 10.1. The number of carbonyl (C=O) groups is 1. The average Bonchev–Trinajstić information content (AvgIpc) is 3.36. The van der Waals surface area contributed by atoms with Crippen molar-refractivity contribution in [2.75, 3.05) is 4.72 Å². The quantitative estimate of drug-likeness (QED) is 0.411. The maximum Gasteiger partial charge on any atom is 0.261 e. The normalized spacial score (nSPS) is 12.2. The van der Waals surface area contributed by atoms with Gasteiger partial charge in [0.25, 0.3) is 15.9 Å². The minimum atomic E-state index is -3.84. The molecule has 0 aliphatic rings. The van der Waals surface area contributed by atoms with E-state index in [4.69, 9.17) is 11.6 Å². The molecule has 0 bridgehead atoms. The lowest BCUT2D eigenvalue weighted by molar-refractivity contribution is 0.0940. The maximum atomic E-state index is 12.7. The number of sulfonamides is 1. The van der Waals surface area contributed by atoms with Crippen LogP contribution >= 0.6 is 11.6 Å². The molecule has 10 heteroatoms. The summed E-state index contributed by atoms with van der Waals surface area (Å²) in [6.45, 7) is 1.87. The molecule has 0 fully saturated rings. The van der Waals surface area contributed by atoms with Crippen LogP contribution in [0, 0.1) is 0 Å². The van der Waals surface area contributed by atoms with Crippen molar-refractivity contribution < 1.29 is 13.2 Å². The lowest BCUT2D eigenvalue weighted by Gasteiger charge is -2.15. The SMILES string of the molecule is CC(NC(=O)c1ccc(S(=O)(=O)Nc2ccccc2Cl)cc1)c1ccc(-n2cncn2)cc1.